The normalized spacial score (nSPS) is 10.5. The number of halogens is 1. The topological polar surface area (TPSA) is 47.0 Å². The molecule has 0 fully saturated rings. The van der Waals surface area contributed by atoms with Gasteiger partial charge in [-0.1, -0.05) is 24.3 Å². The number of ether oxygens (including phenoxy) is 1. The molecule has 0 aliphatic heterocycles. The third-order valence-corrected chi connectivity index (χ3v) is 3.50. The van der Waals surface area contributed by atoms with Gasteiger partial charge in [0, 0.05) is 11.1 Å². The van der Waals surface area contributed by atoms with E-state index in [-0.39, 0.29) is 0 Å². The van der Waals surface area contributed by atoms with Crippen LogP contribution in [-0.4, -0.2) is 17.1 Å². The Kier molecular flexibility index (Phi) is 3.52. The molecule has 0 spiro atoms. The monoisotopic (exact) mass is 329 g/mol. The average Bonchev–Trinajstić information content (AvgIpc) is 2.48. The lowest BCUT2D eigenvalue weighted by atomic mass is 10.2. The highest BCUT2D eigenvalue weighted by molar-refractivity contribution is 9.10. The van der Waals surface area contributed by atoms with E-state index in [2.05, 4.69) is 31.2 Å². The van der Waals surface area contributed by atoms with Crippen LogP contribution in [0, 0.1) is 0 Å². The van der Waals surface area contributed by atoms with E-state index < -0.39 is 0 Å². The van der Waals surface area contributed by atoms with Gasteiger partial charge in [0.1, 0.15) is 15.9 Å². The fourth-order valence-corrected chi connectivity index (χ4v) is 2.45. The summed E-state index contributed by atoms with van der Waals surface area (Å²) in [5, 5.41) is 4.10. The van der Waals surface area contributed by atoms with Crippen LogP contribution >= 0.6 is 15.9 Å². The number of para-hydroxylation sites is 2. The van der Waals surface area contributed by atoms with Crippen molar-refractivity contribution in [2.45, 2.75) is 0 Å². The zero-order valence-electron chi connectivity index (χ0n) is 10.8. The summed E-state index contributed by atoms with van der Waals surface area (Å²) in [5.41, 5.74) is 1.71. The van der Waals surface area contributed by atoms with Crippen molar-refractivity contribution in [1.29, 1.82) is 0 Å². The molecule has 4 nitrogen and oxygen atoms in total. The molecule has 0 atom stereocenters. The van der Waals surface area contributed by atoms with Gasteiger partial charge in [0.15, 0.2) is 0 Å². The first-order valence-corrected chi connectivity index (χ1v) is 6.89. The summed E-state index contributed by atoms with van der Waals surface area (Å²) < 4.78 is 6.08. The zero-order valence-corrected chi connectivity index (χ0v) is 12.4. The minimum Gasteiger partial charge on any atom is -0.494 e. The van der Waals surface area contributed by atoms with Crippen molar-refractivity contribution in [3.05, 3.63) is 53.1 Å². The van der Waals surface area contributed by atoms with E-state index >= 15 is 0 Å². The Morgan fingerprint density at radius 2 is 1.80 bits per heavy atom. The van der Waals surface area contributed by atoms with Crippen LogP contribution < -0.4 is 10.1 Å². The van der Waals surface area contributed by atoms with E-state index in [0.29, 0.717) is 5.95 Å². The number of anilines is 2. The molecule has 0 aliphatic rings. The second-order valence-corrected chi connectivity index (χ2v) is 4.94. The maximum Gasteiger partial charge on any atom is 0.228 e. The van der Waals surface area contributed by atoms with Crippen molar-refractivity contribution >= 4 is 38.5 Å². The molecule has 5 heteroatoms. The molecule has 100 valence electrons. The predicted molar refractivity (Wildman–Crippen MR) is 83.5 cm³/mol. The van der Waals surface area contributed by atoms with Gasteiger partial charge in [-0.3, -0.25) is 0 Å². The summed E-state index contributed by atoms with van der Waals surface area (Å²) in [4.78, 5) is 8.94. The lowest BCUT2D eigenvalue weighted by Crippen LogP contribution is -1.99. The summed E-state index contributed by atoms with van der Waals surface area (Å²) in [7, 11) is 1.63. The molecule has 0 radical (unpaired) electrons. The Labute approximate surface area is 125 Å². The summed E-state index contributed by atoms with van der Waals surface area (Å²) >= 11 is 3.48. The van der Waals surface area contributed by atoms with E-state index in [4.69, 9.17) is 4.74 Å². The average molecular weight is 330 g/mol. The Hall–Kier alpha value is -2.14. The second-order valence-electron chi connectivity index (χ2n) is 4.19. The smallest absolute Gasteiger partial charge is 0.228 e. The predicted octanol–water partition coefficient (Wildman–Crippen LogP) is 4.14. The Bertz CT molecular complexity index is 747. The standard InChI is InChI=1S/C15H12BrN3O/c1-20-12-9-5-8-11-13(12)18-15(19-14(11)16)17-10-6-3-2-4-7-10/h2-9H,1H3,(H,17,18,19). The number of benzene rings is 2. The van der Waals surface area contributed by atoms with Gasteiger partial charge in [0.2, 0.25) is 5.95 Å². The van der Waals surface area contributed by atoms with Crippen molar-refractivity contribution in [2.75, 3.05) is 12.4 Å². The number of fused-ring (bicyclic) bond motifs is 1. The number of methoxy groups -OCH3 is 1. The van der Waals surface area contributed by atoms with Crippen LogP contribution in [0.4, 0.5) is 11.6 Å². The number of aromatic nitrogens is 2. The first kappa shape index (κ1) is 12.9. The minimum absolute atomic E-state index is 0.528. The first-order chi connectivity index (χ1) is 9.78. The van der Waals surface area contributed by atoms with Crippen LogP contribution in [-0.2, 0) is 0 Å². The molecule has 0 unspecified atom stereocenters. The van der Waals surface area contributed by atoms with Gasteiger partial charge in [0.25, 0.3) is 0 Å². The molecular formula is C15H12BrN3O. The van der Waals surface area contributed by atoms with E-state index in [0.717, 1.165) is 26.9 Å². The van der Waals surface area contributed by atoms with Crippen molar-refractivity contribution in [3.63, 3.8) is 0 Å². The van der Waals surface area contributed by atoms with Crippen molar-refractivity contribution in [2.24, 2.45) is 0 Å². The molecule has 0 amide bonds. The minimum atomic E-state index is 0.528. The Morgan fingerprint density at radius 1 is 1.00 bits per heavy atom. The van der Waals surface area contributed by atoms with E-state index in [1.54, 1.807) is 7.11 Å². The lowest BCUT2D eigenvalue weighted by molar-refractivity contribution is 0.419. The first-order valence-electron chi connectivity index (χ1n) is 6.10. The van der Waals surface area contributed by atoms with Crippen molar-refractivity contribution < 1.29 is 4.74 Å². The molecule has 1 aromatic heterocycles. The lowest BCUT2D eigenvalue weighted by Gasteiger charge is -2.09. The van der Waals surface area contributed by atoms with Crippen LogP contribution in [0.3, 0.4) is 0 Å². The zero-order chi connectivity index (χ0) is 13.9. The molecule has 1 heterocycles. The van der Waals surface area contributed by atoms with Gasteiger partial charge in [-0.2, -0.15) is 0 Å². The summed E-state index contributed by atoms with van der Waals surface area (Å²) in [6.07, 6.45) is 0. The molecule has 2 aromatic carbocycles. The van der Waals surface area contributed by atoms with Crippen molar-refractivity contribution in [1.82, 2.24) is 9.97 Å². The van der Waals surface area contributed by atoms with Gasteiger partial charge in [-0.05, 0) is 40.2 Å². The second kappa shape index (κ2) is 5.46. The van der Waals surface area contributed by atoms with Crippen LogP contribution in [0.5, 0.6) is 5.75 Å². The van der Waals surface area contributed by atoms with E-state index in [1.165, 1.54) is 0 Å². The molecular weight excluding hydrogens is 318 g/mol. The molecule has 20 heavy (non-hydrogen) atoms. The number of hydrogen-bond acceptors (Lipinski definition) is 4. The number of rotatable bonds is 3. The van der Waals surface area contributed by atoms with Crippen LogP contribution in [0.2, 0.25) is 0 Å². The SMILES string of the molecule is COc1cccc2c(Br)nc(Nc3ccccc3)nc12. The number of nitrogens with one attached hydrogen (secondary N) is 1. The van der Waals surface area contributed by atoms with E-state index in [9.17, 15) is 0 Å². The molecule has 0 aliphatic carbocycles. The van der Waals surface area contributed by atoms with Crippen molar-refractivity contribution in [3.8, 4) is 5.75 Å². The maximum atomic E-state index is 5.35. The molecule has 1 N–H and O–H groups in total. The molecule has 0 bridgehead atoms. The third kappa shape index (κ3) is 2.44. The summed E-state index contributed by atoms with van der Waals surface area (Å²) in [6.45, 7) is 0. The Balaban J connectivity index is 2.09. The van der Waals surface area contributed by atoms with Crippen LogP contribution in [0.25, 0.3) is 10.9 Å². The summed E-state index contributed by atoms with van der Waals surface area (Å²) in [5.74, 6) is 1.25. The highest BCUT2D eigenvalue weighted by atomic mass is 79.9. The largest absolute Gasteiger partial charge is 0.494 e. The fraction of sp³-hybridized carbons (Fsp3) is 0.0667. The number of hydrogen-bond donors (Lipinski definition) is 1. The summed E-state index contributed by atoms with van der Waals surface area (Å²) in [6, 6.07) is 15.6. The van der Waals surface area contributed by atoms with Gasteiger partial charge in [-0.15, -0.1) is 0 Å². The molecule has 3 aromatic rings. The fourth-order valence-electron chi connectivity index (χ4n) is 1.96. The van der Waals surface area contributed by atoms with Gasteiger partial charge in [0.05, 0.1) is 7.11 Å². The Morgan fingerprint density at radius 3 is 2.55 bits per heavy atom. The third-order valence-electron chi connectivity index (χ3n) is 2.89. The van der Waals surface area contributed by atoms with Gasteiger partial charge < -0.3 is 10.1 Å². The highest BCUT2D eigenvalue weighted by Gasteiger charge is 2.09. The maximum absolute atomic E-state index is 5.35. The van der Waals surface area contributed by atoms with Crippen LogP contribution in [0.15, 0.2) is 53.1 Å². The molecule has 3 rings (SSSR count). The van der Waals surface area contributed by atoms with E-state index in [1.807, 2.05) is 48.5 Å². The quantitative estimate of drug-likeness (QED) is 0.733. The van der Waals surface area contributed by atoms with Gasteiger partial charge >= 0.3 is 0 Å². The molecule has 0 saturated heterocycles. The number of nitrogens with zero attached hydrogens (tertiary/aromatic N) is 2. The van der Waals surface area contributed by atoms with Crippen LogP contribution in [0.1, 0.15) is 0 Å². The highest BCUT2D eigenvalue weighted by Crippen LogP contribution is 2.29. The van der Waals surface area contributed by atoms with Gasteiger partial charge in [-0.25, -0.2) is 9.97 Å². The molecule has 0 saturated carbocycles.